The Labute approximate surface area is 397 Å². The summed E-state index contributed by atoms with van der Waals surface area (Å²) in [5.41, 5.74) is 21.0. The highest BCUT2D eigenvalue weighted by Crippen LogP contribution is 2.46. The molecule has 320 valence electrons. The van der Waals surface area contributed by atoms with Crippen molar-refractivity contribution in [3.05, 3.63) is 279 Å². The molecule has 0 aliphatic carbocycles. The Hall–Kier alpha value is -8.98. The average molecular weight is 867 g/mol. The quantitative estimate of drug-likeness (QED) is 0.133. The Morgan fingerprint density at radius 3 is 1.22 bits per heavy atom. The van der Waals surface area contributed by atoms with Crippen molar-refractivity contribution < 1.29 is 0 Å². The van der Waals surface area contributed by atoms with Crippen LogP contribution in [0.25, 0.3) is 94.3 Å². The van der Waals surface area contributed by atoms with E-state index >= 15 is 0 Å². The van der Waals surface area contributed by atoms with Gasteiger partial charge in [-0.3, -0.25) is 0 Å². The molecule has 0 atom stereocenters. The zero-order valence-corrected chi connectivity index (χ0v) is 37.5. The first-order valence-corrected chi connectivity index (χ1v) is 23.3. The maximum atomic E-state index is 2.42. The number of benzene rings is 11. The molecule has 68 heavy (non-hydrogen) atoms. The Balaban J connectivity index is 0.996. The molecule has 0 bridgehead atoms. The van der Waals surface area contributed by atoms with E-state index in [0.717, 1.165) is 33.9 Å². The molecule has 0 N–H and O–H groups in total. The molecule has 0 amide bonds. The van der Waals surface area contributed by atoms with Gasteiger partial charge in [0.15, 0.2) is 0 Å². The number of fused-ring (bicyclic) bond motifs is 3. The Morgan fingerprint density at radius 1 is 0.235 bits per heavy atom. The van der Waals surface area contributed by atoms with Gasteiger partial charge < -0.3 is 9.47 Å². The molecule has 0 aliphatic rings. The van der Waals surface area contributed by atoms with Gasteiger partial charge in [0.1, 0.15) is 0 Å². The highest BCUT2D eigenvalue weighted by atomic mass is 15.1. The van der Waals surface area contributed by atoms with Crippen LogP contribution in [-0.2, 0) is 0 Å². The zero-order valence-electron chi connectivity index (χ0n) is 37.5. The van der Waals surface area contributed by atoms with Crippen LogP contribution in [0.4, 0.5) is 17.1 Å². The van der Waals surface area contributed by atoms with Gasteiger partial charge in [0.05, 0.1) is 22.4 Å². The van der Waals surface area contributed by atoms with Crippen LogP contribution in [0.3, 0.4) is 0 Å². The van der Waals surface area contributed by atoms with Gasteiger partial charge >= 0.3 is 0 Å². The van der Waals surface area contributed by atoms with Gasteiger partial charge in [-0.15, -0.1) is 0 Å². The second-order valence-corrected chi connectivity index (χ2v) is 17.2. The monoisotopic (exact) mass is 866 g/mol. The lowest BCUT2D eigenvalue weighted by Crippen LogP contribution is -2.11. The molecule has 2 nitrogen and oxygen atoms in total. The van der Waals surface area contributed by atoms with Crippen molar-refractivity contribution in [2.75, 3.05) is 4.90 Å². The molecule has 0 saturated carbocycles. The highest BCUT2D eigenvalue weighted by Gasteiger charge is 2.21. The average Bonchev–Trinajstić information content (AvgIpc) is 3.76. The lowest BCUT2D eigenvalue weighted by atomic mass is 9.88. The van der Waals surface area contributed by atoms with Crippen molar-refractivity contribution in [2.24, 2.45) is 0 Å². The SMILES string of the molecule is c1ccc(-c2cccc(-c3ccc(N(c4ccc(-c5ccccc5-n5c6ccccc6c6ccccc65)cc4)c4ccccc4-c4ccccc4-c4ccccc4-c4ccccc4)cc3)c2)cc1. The summed E-state index contributed by atoms with van der Waals surface area (Å²) in [6.45, 7) is 0. The minimum Gasteiger partial charge on any atom is -0.310 e. The third-order valence-electron chi connectivity index (χ3n) is 13.3. The van der Waals surface area contributed by atoms with E-state index in [0.29, 0.717) is 0 Å². The summed E-state index contributed by atoms with van der Waals surface area (Å²) in [4.78, 5) is 2.42. The molecule has 0 radical (unpaired) electrons. The number of hydrogen-bond acceptors (Lipinski definition) is 1. The number of hydrogen-bond donors (Lipinski definition) is 0. The fourth-order valence-corrected chi connectivity index (χ4v) is 10.1. The van der Waals surface area contributed by atoms with Crippen LogP contribution >= 0.6 is 0 Å². The number of aromatic nitrogens is 1. The Bertz CT molecular complexity index is 3660. The molecule has 0 aliphatic heterocycles. The summed E-state index contributed by atoms with van der Waals surface area (Å²) < 4.78 is 2.42. The topological polar surface area (TPSA) is 8.17 Å². The fourth-order valence-electron chi connectivity index (χ4n) is 10.1. The summed E-state index contributed by atoms with van der Waals surface area (Å²) in [5.74, 6) is 0. The van der Waals surface area contributed by atoms with Gasteiger partial charge in [-0.2, -0.15) is 0 Å². The molecule has 12 aromatic rings. The first-order chi connectivity index (χ1) is 33.8. The van der Waals surface area contributed by atoms with Crippen molar-refractivity contribution in [2.45, 2.75) is 0 Å². The fraction of sp³-hybridized carbons (Fsp3) is 0. The van der Waals surface area contributed by atoms with Gasteiger partial charge in [0.2, 0.25) is 0 Å². The van der Waals surface area contributed by atoms with Crippen LogP contribution in [0, 0.1) is 0 Å². The molecule has 0 fully saturated rings. The summed E-state index contributed by atoms with van der Waals surface area (Å²) in [6.07, 6.45) is 0. The van der Waals surface area contributed by atoms with Gasteiger partial charge in [0.25, 0.3) is 0 Å². The first-order valence-electron chi connectivity index (χ1n) is 23.3. The van der Waals surface area contributed by atoms with Crippen molar-refractivity contribution in [1.82, 2.24) is 4.57 Å². The molecule has 1 aromatic heterocycles. The number of anilines is 3. The molecule has 11 aromatic carbocycles. The summed E-state index contributed by atoms with van der Waals surface area (Å²) >= 11 is 0. The van der Waals surface area contributed by atoms with Crippen molar-refractivity contribution in [3.63, 3.8) is 0 Å². The van der Waals surface area contributed by atoms with E-state index in [2.05, 4.69) is 289 Å². The van der Waals surface area contributed by atoms with E-state index in [1.807, 2.05) is 0 Å². The molecule has 1 heterocycles. The van der Waals surface area contributed by atoms with Crippen molar-refractivity contribution >= 4 is 38.9 Å². The third kappa shape index (κ3) is 7.45. The molecule has 0 unspecified atom stereocenters. The van der Waals surface area contributed by atoms with E-state index in [-0.39, 0.29) is 0 Å². The van der Waals surface area contributed by atoms with E-state index in [1.54, 1.807) is 0 Å². The minimum atomic E-state index is 1.07. The molecule has 2 heteroatoms. The minimum absolute atomic E-state index is 1.07. The highest BCUT2D eigenvalue weighted by molar-refractivity contribution is 6.10. The Kier molecular flexibility index (Phi) is 10.6. The van der Waals surface area contributed by atoms with Gasteiger partial charge in [-0.25, -0.2) is 0 Å². The van der Waals surface area contributed by atoms with Gasteiger partial charge in [-0.1, -0.05) is 224 Å². The smallest absolute Gasteiger partial charge is 0.0541 e. The zero-order chi connectivity index (χ0) is 45.2. The maximum absolute atomic E-state index is 2.42. The van der Waals surface area contributed by atoms with Crippen LogP contribution < -0.4 is 4.90 Å². The predicted molar refractivity (Wildman–Crippen MR) is 288 cm³/mol. The van der Waals surface area contributed by atoms with Crippen LogP contribution in [0.2, 0.25) is 0 Å². The molecular formula is C66H46N2. The third-order valence-corrected chi connectivity index (χ3v) is 13.3. The van der Waals surface area contributed by atoms with Gasteiger partial charge in [-0.05, 0) is 110 Å². The van der Waals surface area contributed by atoms with Crippen LogP contribution in [0.5, 0.6) is 0 Å². The van der Waals surface area contributed by atoms with E-state index < -0.39 is 0 Å². The lowest BCUT2D eigenvalue weighted by molar-refractivity contribution is 1.18. The van der Waals surface area contributed by atoms with E-state index in [9.17, 15) is 0 Å². The standard InChI is InChI=1S/C66H46N2/c1-3-20-47(21-4-1)51-24-19-25-52(46-51)48-38-42-53(43-39-48)67(64-35-16-12-31-60(64)59-30-10-9-29-58(59)57-28-8-7-26-55(57)49-22-5-2-6-23-49)54-44-40-50(41-45-54)56-27-11-15-34-63(56)68-65-36-17-13-32-61(65)62-33-14-18-37-66(62)68/h1-46H. The van der Waals surface area contributed by atoms with E-state index in [1.165, 1.54) is 77.4 Å². The van der Waals surface area contributed by atoms with Gasteiger partial charge in [0, 0.05) is 33.3 Å². The summed E-state index contributed by atoms with van der Waals surface area (Å²) in [5, 5.41) is 2.50. The first kappa shape index (κ1) is 40.5. The van der Waals surface area contributed by atoms with Crippen molar-refractivity contribution in [3.8, 4) is 72.4 Å². The summed E-state index contributed by atoms with van der Waals surface area (Å²) in [7, 11) is 0. The number of nitrogens with zero attached hydrogens (tertiary/aromatic N) is 2. The van der Waals surface area contributed by atoms with Crippen LogP contribution in [0.15, 0.2) is 279 Å². The summed E-state index contributed by atoms with van der Waals surface area (Å²) in [6, 6.07) is 101. The molecular weight excluding hydrogens is 821 g/mol. The predicted octanol–water partition coefficient (Wildman–Crippen LogP) is 18.3. The van der Waals surface area contributed by atoms with Crippen LogP contribution in [-0.4, -0.2) is 4.57 Å². The second kappa shape index (κ2) is 17.8. The van der Waals surface area contributed by atoms with Crippen LogP contribution in [0.1, 0.15) is 0 Å². The van der Waals surface area contributed by atoms with E-state index in [4.69, 9.17) is 0 Å². The maximum Gasteiger partial charge on any atom is 0.0541 e. The lowest BCUT2D eigenvalue weighted by Gasteiger charge is -2.29. The molecule has 0 saturated heterocycles. The second-order valence-electron chi connectivity index (χ2n) is 17.2. The Morgan fingerprint density at radius 2 is 0.618 bits per heavy atom. The normalized spacial score (nSPS) is 11.2. The number of para-hydroxylation sites is 4. The molecule has 0 spiro atoms. The molecule has 12 rings (SSSR count). The van der Waals surface area contributed by atoms with Crippen molar-refractivity contribution in [1.29, 1.82) is 0 Å². The largest absolute Gasteiger partial charge is 0.310 e. The number of rotatable bonds is 10.